The molecule has 1 atom stereocenters. The quantitative estimate of drug-likeness (QED) is 0.752. The molecule has 0 bridgehead atoms. The summed E-state index contributed by atoms with van der Waals surface area (Å²) in [5.74, 6) is -3.53. The molecule has 2 rings (SSSR count). The number of carbonyl (C=O) groups is 2. The highest BCUT2D eigenvalue weighted by Crippen LogP contribution is 2.30. The van der Waals surface area contributed by atoms with E-state index in [2.05, 4.69) is 0 Å². The minimum atomic E-state index is -5.08. The van der Waals surface area contributed by atoms with Gasteiger partial charge in [0.15, 0.2) is 0 Å². The summed E-state index contributed by atoms with van der Waals surface area (Å²) in [6, 6.07) is 0.533. The molecule has 1 saturated heterocycles. The Morgan fingerprint density at radius 2 is 1.83 bits per heavy atom. The zero-order chi connectivity index (χ0) is 13.9. The second-order valence-corrected chi connectivity index (χ2v) is 3.91. The Hall–Kier alpha value is -1.73. The molecule has 0 radical (unpaired) electrons. The lowest BCUT2D eigenvalue weighted by Gasteiger charge is -2.45. The number of carboxylic acids is 2. The van der Waals surface area contributed by atoms with Gasteiger partial charge in [0, 0.05) is 12.6 Å². The van der Waals surface area contributed by atoms with Crippen LogP contribution in [-0.4, -0.2) is 45.8 Å². The summed E-state index contributed by atoms with van der Waals surface area (Å²) in [4.78, 5) is 21.5. The minimum absolute atomic E-state index is 0.521. The zero-order valence-corrected chi connectivity index (χ0v) is 9.28. The molecular weight excluding hydrogens is 255 g/mol. The number of rotatable bonds is 1. The van der Waals surface area contributed by atoms with Crippen molar-refractivity contribution in [1.82, 2.24) is 4.90 Å². The summed E-state index contributed by atoms with van der Waals surface area (Å²) in [5.41, 5.74) is 0.521. The summed E-state index contributed by atoms with van der Waals surface area (Å²) in [5, 5.41) is 15.9. The van der Waals surface area contributed by atoms with Crippen molar-refractivity contribution in [2.24, 2.45) is 0 Å². The molecule has 0 aliphatic carbocycles. The lowest BCUT2D eigenvalue weighted by Crippen LogP contribution is -2.49. The number of nitrogens with zero attached hydrogens (tertiary/aromatic N) is 1. The second kappa shape index (κ2) is 5.28. The van der Waals surface area contributed by atoms with Crippen molar-refractivity contribution < 1.29 is 33.0 Å². The predicted molar refractivity (Wildman–Crippen MR) is 53.8 cm³/mol. The van der Waals surface area contributed by atoms with Crippen LogP contribution in [0.1, 0.15) is 19.3 Å². The van der Waals surface area contributed by atoms with Gasteiger partial charge in [-0.25, -0.2) is 9.59 Å². The van der Waals surface area contributed by atoms with Crippen molar-refractivity contribution >= 4 is 11.9 Å². The first-order valence-electron chi connectivity index (χ1n) is 5.23. The van der Waals surface area contributed by atoms with Crippen LogP contribution in [0.15, 0.2) is 11.8 Å². The van der Waals surface area contributed by atoms with E-state index in [4.69, 9.17) is 15.0 Å². The van der Waals surface area contributed by atoms with Gasteiger partial charge in [0.05, 0.1) is 0 Å². The third-order valence-corrected chi connectivity index (χ3v) is 2.75. The van der Waals surface area contributed by atoms with Crippen molar-refractivity contribution in [3.8, 4) is 0 Å². The van der Waals surface area contributed by atoms with E-state index < -0.39 is 18.1 Å². The lowest BCUT2D eigenvalue weighted by atomic mass is 9.93. The van der Waals surface area contributed by atoms with Crippen molar-refractivity contribution in [2.45, 2.75) is 31.5 Å². The van der Waals surface area contributed by atoms with Crippen molar-refractivity contribution in [2.75, 3.05) is 6.54 Å². The first-order valence-corrected chi connectivity index (χ1v) is 5.23. The van der Waals surface area contributed by atoms with Gasteiger partial charge in [-0.2, -0.15) is 13.2 Å². The normalized spacial score (nSPS) is 21.8. The maximum atomic E-state index is 10.6. The van der Waals surface area contributed by atoms with E-state index in [0.29, 0.717) is 11.7 Å². The van der Waals surface area contributed by atoms with Crippen molar-refractivity contribution in [1.29, 1.82) is 0 Å². The fraction of sp³-hybridized carbons (Fsp3) is 0.600. The van der Waals surface area contributed by atoms with E-state index in [9.17, 15) is 18.0 Å². The first kappa shape index (κ1) is 14.3. The van der Waals surface area contributed by atoms with Crippen LogP contribution >= 0.6 is 0 Å². The number of carboxylic acid groups (broad SMARTS) is 2. The molecule has 2 heterocycles. The number of hydrogen-bond donors (Lipinski definition) is 2. The smallest absolute Gasteiger partial charge is 0.477 e. The fourth-order valence-electron chi connectivity index (χ4n) is 1.80. The Bertz CT molecular complexity index is 378. The van der Waals surface area contributed by atoms with Crippen LogP contribution in [0.3, 0.4) is 0 Å². The molecule has 0 spiro atoms. The van der Waals surface area contributed by atoms with Crippen LogP contribution in [0.25, 0.3) is 0 Å². The van der Waals surface area contributed by atoms with Gasteiger partial charge in [-0.15, -0.1) is 0 Å². The molecule has 0 aromatic heterocycles. The lowest BCUT2D eigenvalue weighted by molar-refractivity contribution is -0.192. The van der Waals surface area contributed by atoms with E-state index in [1.807, 2.05) is 11.0 Å². The number of aliphatic carboxylic acids is 2. The number of allylic oxidation sites excluding steroid dienone is 1. The van der Waals surface area contributed by atoms with Gasteiger partial charge in [-0.05, 0) is 19.3 Å². The molecule has 2 N–H and O–H groups in total. The van der Waals surface area contributed by atoms with E-state index in [-0.39, 0.29) is 0 Å². The molecule has 2 aliphatic rings. The van der Waals surface area contributed by atoms with Crippen LogP contribution in [0, 0.1) is 0 Å². The maximum absolute atomic E-state index is 10.6. The van der Waals surface area contributed by atoms with Gasteiger partial charge in [-0.3, -0.25) is 0 Å². The van der Waals surface area contributed by atoms with Crippen LogP contribution < -0.4 is 0 Å². The van der Waals surface area contributed by atoms with Gasteiger partial charge in [0.25, 0.3) is 0 Å². The summed E-state index contributed by atoms with van der Waals surface area (Å²) in [7, 11) is 0. The third kappa shape index (κ3) is 3.38. The Kier molecular flexibility index (Phi) is 4.20. The van der Waals surface area contributed by atoms with Crippen LogP contribution in [-0.2, 0) is 9.59 Å². The average Bonchev–Trinajstić information content (AvgIpc) is 2.18. The Balaban J connectivity index is 0.000000203. The summed E-state index contributed by atoms with van der Waals surface area (Å²) < 4.78 is 31.7. The van der Waals surface area contributed by atoms with Crippen LogP contribution in [0.2, 0.25) is 0 Å². The molecule has 0 aromatic carbocycles. The summed E-state index contributed by atoms with van der Waals surface area (Å²) in [6.45, 7) is 0.933. The van der Waals surface area contributed by atoms with E-state index in [1.54, 1.807) is 0 Å². The molecule has 1 fully saturated rings. The third-order valence-electron chi connectivity index (χ3n) is 2.75. The topological polar surface area (TPSA) is 77.8 Å². The summed E-state index contributed by atoms with van der Waals surface area (Å²) in [6.07, 6.45) is -0.0117. The number of fused-ring (bicyclic) bond motifs is 1. The number of halogens is 3. The fourth-order valence-corrected chi connectivity index (χ4v) is 1.80. The highest BCUT2D eigenvalue weighted by atomic mass is 19.4. The molecule has 18 heavy (non-hydrogen) atoms. The molecule has 2 aliphatic heterocycles. The largest absolute Gasteiger partial charge is 0.490 e. The summed E-state index contributed by atoms with van der Waals surface area (Å²) >= 11 is 0. The van der Waals surface area contributed by atoms with E-state index >= 15 is 0 Å². The number of alkyl halides is 3. The molecule has 0 amide bonds. The van der Waals surface area contributed by atoms with Gasteiger partial charge in [0.1, 0.15) is 5.70 Å². The molecular formula is C10H12F3NO4. The SMILES string of the molecule is O=C(O)C(F)(F)F.O=C(O)C1=CCCC2CCN12. The monoisotopic (exact) mass is 267 g/mol. The minimum Gasteiger partial charge on any atom is -0.477 e. The second-order valence-electron chi connectivity index (χ2n) is 3.91. The number of hydrogen-bond acceptors (Lipinski definition) is 3. The highest BCUT2D eigenvalue weighted by Gasteiger charge is 2.38. The average molecular weight is 267 g/mol. The molecule has 102 valence electrons. The Labute approximate surface area is 100 Å². The van der Waals surface area contributed by atoms with Crippen LogP contribution in [0.5, 0.6) is 0 Å². The first-order chi connectivity index (χ1) is 8.23. The maximum Gasteiger partial charge on any atom is 0.490 e. The standard InChI is InChI=1S/C8H11NO2.C2HF3O2/c10-8(11)7-3-1-2-6-4-5-9(6)7;3-2(4,5)1(6)7/h3,6H,1-2,4-5H2,(H,10,11);(H,6,7). The molecule has 1 unspecified atom stereocenters. The molecule has 5 nitrogen and oxygen atoms in total. The molecule has 0 aromatic rings. The predicted octanol–water partition coefficient (Wildman–Crippen LogP) is 1.46. The Morgan fingerprint density at radius 1 is 1.28 bits per heavy atom. The molecule has 8 heteroatoms. The van der Waals surface area contributed by atoms with Gasteiger partial charge in [-0.1, -0.05) is 6.08 Å². The Morgan fingerprint density at radius 3 is 2.11 bits per heavy atom. The van der Waals surface area contributed by atoms with Gasteiger partial charge >= 0.3 is 18.1 Å². The zero-order valence-electron chi connectivity index (χ0n) is 9.28. The van der Waals surface area contributed by atoms with Gasteiger partial charge < -0.3 is 15.1 Å². The van der Waals surface area contributed by atoms with E-state index in [1.165, 1.54) is 6.42 Å². The van der Waals surface area contributed by atoms with Crippen LogP contribution in [0.4, 0.5) is 13.2 Å². The van der Waals surface area contributed by atoms with E-state index in [0.717, 1.165) is 19.4 Å². The van der Waals surface area contributed by atoms with Crippen molar-refractivity contribution in [3.05, 3.63) is 11.8 Å². The highest BCUT2D eigenvalue weighted by molar-refractivity contribution is 5.86. The van der Waals surface area contributed by atoms with Gasteiger partial charge in [0.2, 0.25) is 0 Å². The van der Waals surface area contributed by atoms with Crippen molar-refractivity contribution in [3.63, 3.8) is 0 Å². The molecule has 0 saturated carbocycles.